The summed E-state index contributed by atoms with van der Waals surface area (Å²) in [6, 6.07) is 1.85. The van der Waals surface area contributed by atoms with E-state index in [9.17, 15) is 8.42 Å². The van der Waals surface area contributed by atoms with Gasteiger partial charge in [0, 0.05) is 44.4 Å². The molecule has 0 aliphatic heterocycles. The van der Waals surface area contributed by atoms with Gasteiger partial charge in [-0.05, 0) is 18.6 Å². The van der Waals surface area contributed by atoms with Crippen molar-refractivity contribution in [2.75, 3.05) is 18.4 Å². The second kappa shape index (κ2) is 6.02. The third-order valence-corrected chi connectivity index (χ3v) is 4.16. The van der Waals surface area contributed by atoms with Gasteiger partial charge in [-0.1, -0.05) is 0 Å². The molecule has 108 valence electrons. The Bertz CT molecular complexity index is 681. The van der Waals surface area contributed by atoms with Gasteiger partial charge in [0.05, 0.1) is 6.20 Å². The highest BCUT2D eigenvalue weighted by Gasteiger charge is 2.14. The smallest absolute Gasteiger partial charge is 0.243 e. The van der Waals surface area contributed by atoms with E-state index in [1.54, 1.807) is 19.4 Å². The maximum Gasteiger partial charge on any atom is 0.243 e. The first-order valence-electron chi connectivity index (χ1n) is 6.12. The molecule has 0 saturated carbocycles. The first kappa shape index (κ1) is 14.5. The molecule has 8 heteroatoms. The van der Waals surface area contributed by atoms with Crippen LogP contribution in [0.15, 0.2) is 35.7 Å². The summed E-state index contributed by atoms with van der Waals surface area (Å²) in [5, 5.41) is 7.00. The number of anilines is 1. The van der Waals surface area contributed by atoms with E-state index < -0.39 is 10.0 Å². The number of rotatable bonds is 6. The largest absolute Gasteiger partial charge is 0.383 e. The van der Waals surface area contributed by atoms with Crippen LogP contribution < -0.4 is 10.0 Å². The number of hydrogen-bond donors (Lipinski definition) is 2. The molecule has 2 N–H and O–H groups in total. The minimum absolute atomic E-state index is 0.167. The lowest BCUT2D eigenvalue weighted by Gasteiger charge is -2.09. The van der Waals surface area contributed by atoms with E-state index >= 15 is 0 Å². The van der Waals surface area contributed by atoms with Crippen LogP contribution in [0.25, 0.3) is 0 Å². The summed E-state index contributed by atoms with van der Waals surface area (Å²) in [6.45, 7) is 2.72. The van der Waals surface area contributed by atoms with Crippen molar-refractivity contribution in [3.63, 3.8) is 0 Å². The molecule has 2 aromatic heterocycles. The van der Waals surface area contributed by atoms with Gasteiger partial charge in [-0.15, -0.1) is 0 Å². The quantitative estimate of drug-likeness (QED) is 0.758. The predicted molar refractivity (Wildman–Crippen MR) is 75.9 cm³/mol. The average molecular weight is 295 g/mol. The van der Waals surface area contributed by atoms with Gasteiger partial charge in [0.1, 0.15) is 4.90 Å². The van der Waals surface area contributed by atoms with Crippen molar-refractivity contribution in [2.24, 2.45) is 7.05 Å². The Labute approximate surface area is 118 Å². The highest BCUT2D eigenvalue weighted by molar-refractivity contribution is 7.89. The average Bonchev–Trinajstić information content (AvgIpc) is 2.84. The van der Waals surface area contributed by atoms with Crippen molar-refractivity contribution in [3.05, 3.63) is 36.4 Å². The number of aromatic nitrogens is 3. The van der Waals surface area contributed by atoms with E-state index in [-0.39, 0.29) is 4.90 Å². The lowest BCUT2D eigenvalue weighted by molar-refractivity contribution is 0.582. The van der Waals surface area contributed by atoms with Crippen LogP contribution >= 0.6 is 0 Å². The number of pyridine rings is 1. The summed E-state index contributed by atoms with van der Waals surface area (Å²) >= 11 is 0. The van der Waals surface area contributed by atoms with Gasteiger partial charge in [-0.2, -0.15) is 5.10 Å². The Morgan fingerprint density at radius 2 is 2.10 bits per heavy atom. The summed E-state index contributed by atoms with van der Waals surface area (Å²) in [5.41, 5.74) is 1.96. The second-order valence-corrected chi connectivity index (χ2v) is 6.13. The fourth-order valence-electron chi connectivity index (χ4n) is 1.68. The first-order chi connectivity index (χ1) is 9.49. The lowest BCUT2D eigenvalue weighted by Crippen LogP contribution is -2.28. The van der Waals surface area contributed by atoms with Gasteiger partial charge in [0.25, 0.3) is 0 Å². The highest BCUT2D eigenvalue weighted by Crippen LogP contribution is 2.10. The zero-order valence-corrected chi connectivity index (χ0v) is 12.2. The third-order valence-electron chi connectivity index (χ3n) is 2.74. The zero-order chi connectivity index (χ0) is 14.6. The third kappa shape index (κ3) is 3.55. The molecule has 2 heterocycles. The number of hydrogen-bond acceptors (Lipinski definition) is 5. The van der Waals surface area contributed by atoms with Crippen LogP contribution in [-0.2, 0) is 17.1 Å². The van der Waals surface area contributed by atoms with Gasteiger partial charge in [-0.25, -0.2) is 13.1 Å². The van der Waals surface area contributed by atoms with E-state index in [2.05, 4.69) is 20.1 Å². The molecule has 0 unspecified atom stereocenters. The minimum Gasteiger partial charge on any atom is -0.383 e. The van der Waals surface area contributed by atoms with Crippen molar-refractivity contribution >= 4 is 15.7 Å². The van der Waals surface area contributed by atoms with Crippen molar-refractivity contribution in [2.45, 2.75) is 11.8 Å². The molecule has 0 atom stereocenters. The Morgan fingerprint density at radius 1 is 1.30 bits per heavy atom. The van der Waals surface area contributed by atoms with Crippen LogP contribution in [0, 0.1) is 6.92 Å². The molecule has 2 rings (SSSR count). The van der Waals surface area contributed by atoms with Gasteiger partial charge in [0.15, 0.2) is 0 Å². The molecule has 0 bridgehead atoms. The number of nitrogens with one attached hydrogen (secondary N) is 2. The lowest BCUT2D eigenvalue weighted by atomic mass is 10.2. The Hall–Kier alpha value is -1.93. The summed E-state index contributed by atoms with van der Waals surface area (Å²) < 4.78 is 27.8. The monoisotopic (exact) mass is 295 g/mol. The molecule has 0 saturated heterocycles. The van der Waals surface area contributed by atoms with Crippen LogP contribution in [0.3, 0.4) is 0 Å². The molecular weight excluding hydrogens is 278 g/mol. The standard InChI is InChI=1S/C12H17N5O2S/c1-10-7-13-4-3-12(10)14-5-6-16-20(18,19)11-8-15-17(2)9-11/h3-4,7-9,16H,5-6H2,1-2H3,(H,13,14). The Morgan fingerprint density at radius 3 is 2.75 bits per heavy atom. The van der Waals surface area contributed by atoms with E-state index in [1.807, 2.05) is 13.0 Å². The maximum atomic E-state index is 11.9. The Kier molecular flexibility index (Phi) is 4.35. The first-order valence-corrected chi connectivity index (χ1v) is 7.60. The molecule has 0 radical (unpaired) electrons. The Balaban J connectivity index is 1.86. The van der Waals surface area contributed by atoms with Crippen LogP contribution in [0.1, 0.15) is 5.56 Å². The summed E-state index contributed by atoms with van der Waals surface area (Å²) in [7, 11) is -1.82. The summed E-state index contributed by atoms with van der Waals surface area (Å²) in [4.78, 5) is 4.16. The van der Waals surface area contributed by atoms with Gasteiger partial charge >= 0.3 is 0 Å². The summed E-state index contributed by atoms with van der Waals surface area (Å²) in [5.74, 6) is 0. The molecule has 0 aromatic carbocycles. The van der Waals surface area contributed by atoms with Gasteiger partial charge in [0.2, 0.25) is 10.0 Å². The molecule has 0 amide bonds. The molecule has 0 spiro atoms. The molecular formula is C12H17N5O2S. The van der Waals surface area contributed by atoms with Gasteiger partial charge in [-0.3, -0.25) is 9.67 Å². The number of nitrogens with zero attached hydrogens (tertiary/aromatic N) is 3. The van der Waals surface area contributed by atoms with Crippen LogP contribution in [0.4, 0.5) is 5.69 Å². The van der Waals surface area contributed by atoms with E-state index in [1.165, 1.54) is 17.1 Å². The molecule has 20 heavy (non-hydrogen) atoms. The van der Waals surface area contributed by atoms with Crippen molar-refractivity contribution < 1.29 is 8.42 Å². The summed E-state index contributed by atoms with van der Waals surface area (Å²) in [6.07, 6.45) is 6.23. The highest BCUT2D eigenvalue weighted by atomic mass is 32.2. The number of sulfonamides is 1. The topological polar surface area (TPSA) is 88.9 Å². The maximum absolute atomic E-state index is 11.9. The van der Waals surface area contributed by atoms with Crippen molar-refractivity contribution in [1.82, 2.24) is 19.5 Å². The minimum atomic E-state index is -3.49. The van der Waals surface area contributed by atoms with Crippen molar-refractivity contribution in [1.29, 1.82) is 0 Å². The molecule has 0 fully saturated rings. The van der Waals surface area contributed by atoms with Crippen LogP contribution in [0.2, 0.25) is 0 Å². The normalized spacial score (nSPS) is 11.5. The van der Waals surface area contributed by atoms with Crippen LogP contribution in [-0.4, -0.2) is 36.3 Å². The van der Waals surface area contributed by atoms with Gasteiger partial charge < -0.3 is 5.32 Å². The van der Waals surface area contributed by atoms with Crippen molar-refractivity contribution in [3.8, 4) is 0 Å². The van der Waals surface area contributed by atoms with E-state index in [0.717, 1.165) is 11.3 Å². The number of aryl methyl sites for hydroxylation is 2. The predicted octanol–water partition coefficient (Wildman–Crippen LogP) is 0.514. The second-order valence-electron chi connectivity index (χ2n) is 4.36. The fraction of sp³-hybridized carbons (Fsp3) is 0.333. The van der Waals surface area contributed by atoms with E-state index in [0.29, 0.717) is 13.1 Å². The molecule has 0 aliphatic carbocycles. The fourth-order valence-corrected chi connectivity index (χ4v) is 2.69. The molecule has 7 nitrogen and oxygen atoms in total. The van der Waals surface area contributed by atoms with Crippen LogP contribution in [0.5, 0.6) is 0 Å². The SMILES string of the molecule is Cc1cnccc1NCCNS(=O)(=O)c1cnn(C)c1. The zero-order valence-electron chi connectivity index (χ0n) is 11.4. The molecule has 2 aromatic rings. The molecule has 0 aliphatic rings. The van der Waals surface area contributed by atoms with E-state index in [4.69, 9.17) is 0 Å².